The molecule has 2 heterocycles. The van der Waals surface area contributed by atoms with Crippen molar-refractivity contribution in [3.8, 4) is 5.69 Å². The monoisotopic (exact) mass is 510 g/mol. The Hall–Kier alpha value is -3.40. The van der Waals surface area contributed by atoms with Gasteiger partial charge in [-0.1, -0.05) is 12.1 Å². The van der Waals surface area contributed by atoms with Crippen LogP contribution in [0.2, 0.25) is 0 Å². The Morgan fingerprint density at radius 1 is 1.13 bits per heavy atom. The lowest BCUT2D eigenvalue weighted by atomic mass is 10.1. The predicted molar refractivity (Wildman–Crippen MR) is 125 cm³/mol. The van der Waals surface area contributed by atoms with E-state index < -0.39 is 4.92 Å². The van der Waals surface area contributed by atoms with Gasteiger partial charge >= 0.3 is 0 Å². The van der Waals surface area contributed by atoms with Crippen molar-refractivity contribution in [3.05, 3.63) is 102 Å². The second-order valence-corrected chi connectivity index (χ2v) is 7.87. The topological polar surface area (TPSA) is 90.9 Å². The van der Waals surface area contributed by atoms with Crippen LogP contribution in [0.1, 0.15) is 17.0 Å². The number of nitrogens with zero attached hydrogens (tertiary/aromatic N) is 4. The molecule has 4 rings (SSSR count). The third-order valence-electron chi connectivity index (χ3n) is 4.61. The maximum Gasteiger partial charge on any atom is 0.271 e. The number of benzene rings is 2. The maximum absolute atomic E-state index is 13.5. The summed E-state index contributed by atoms with van der Waals surface area (Å²) in [4.78, 5) is 33.0. The molecule has 30 heavy (non-hydrogen) atoms. The molecule has 0 fully saturated rings. The van der Waals surface area contributed by atoms with Gasteiger partial charge in [0.15, 0.2) is 0 Å². The molecule has 2 aromatic carbocycles. The summed E-state index contributed by atoms with van der Waals surface area (Å²) in [5, 5.41) is 11.8. The first-order valence-corrected chi connectivity index (χ1v) is 10.1. The second kappa shape index (κ2) is 8.15. The average Bonchev–Trinajstić information content (AvgIpc) is 2.74. The van der Waals surface area contributed by atoms with Crippen LogP contribution in [0.4, 0.5) is 5.69 Å². The fourth-order valence-corrected chi connectivity index (χ4v) is 3.61. The van der Waals surface area contributed by atoms with Crippen molar-refractivity contribution in [2.45, 2.75) is 6.92 Å². The van der Waals surface area contributed by atoms with Crippen molar-refractivity contribution in [1.82, 2.24) is 14.5 Å². The van der Waals surface area contributed by atoms with E-state index in [0.717, 1.165) is 14.7 Å². The Bertz CT molecular complexity index is 1360. The van der Waals surface area contributed by atoms with E-state index in [1.165, 1.54) is 16.7 Å². The fraction of sp³-hybridized carbons (Fsp3) is 0.0455. The van der Waals surface area contributed by atoms with Gasteiger partial charge < -0.3 is 0 Å². The largest absolute Gasteiger partial charge is 0.271 e. The number of non-ortho nitro benzene ring substituents is 1. The van der Waals surface area contributed by atoms with Crippen LogP contribution >= 0.6 is 22.6 Å². The van der Waals surface area contributed by atoms with E-state index in [-0.39, 0.29) is 11.2 Å². The van der Waals surface area contributed by atoms with E-state index in [4.69, 9.17) is 0 Å². The van der Waals surface area contributed by atoms with E-state index in [9.17, 15) is 14.9 Å². The van der Waals surface area contributed by atoms with Gasteiger partial charge in [-0.05, 0) is 77.1 Å². The normalized spacial score (nSPS) is 11.3. The number of pyridine rings is 1. The van der Waals surface area contributed by atoms with Gasteiger partial charge in [-0.2, -0.15) is 0 Å². The van der Waals surface area contributed by atoms with E-state index in [1.54, 1.807) is 49.7 Å². The van der Waals surface area contributed by atoms with Crippen LogP contribution in [-0.4, -0.2) is 19.5 Å². The maximum atomic E-state index is 13.5. The summed E-state index contributed by atoms with van der Waals surface area (Å²) in [6.07, 6.45) is 6.89. The minimum Gasteiger partial charge on any atom is -0.268 e. The molecule has 8 heteroatoms. The Morgan fingerprint density at radius 3 is 2.70 bits per heavy atom. The Kier molecular flexibility index (Phi) is 5.40. The zero-order valence-electron chi connectivity index (χ0n) is 15.8. The average molecular weight is 510 g/mol. The third-order valence-corrected chi connectivity index (χ3v) is 5.28. The summed E-state index contributed by atoms with van der Waals surface area (Å²) < 4.78 is 2.33. The molecule has 7 nitrogen and oxygen atoms in total. The molecule has 0 spiro atoms. The molecular formula is C22H15IN4O3. The zero-order chi connectivity index (χ0) is 21.3. The van der Waals surface area contributed by atoms with Crippen molar-refractivity contribution in [3.63, 3.8) is 0 Å². The smallest absolute Gasteiger partial charge is 0.268 e. The highest BCUT2D eigenvalue weighted by Crippen LogP contribution is 2.23. The van der Waals surface area contributed by atoms with Gasteiger partial charge in [-0.3, -0.25) is 24.5 Å². The van der Waals surface area contributed by atoms with E-state index in [2.05, 4.69) is 32.6 Å². The molecule has 4 aromatic rings. The number of aryl methyl sites for hydroxylation is 1. The van der Waals surface area contributed by atoms with Gasteiger partial charge in [-0.15, -0.1) is 0 Å². The van der Waals surface area contributed by atoms with Crippen LogP contribution < -0.4 is 5.56 Å². The van der Waals surface area contributed by atoms with E-state index in [1.807, 2.05) is 18.2 Å². The molecular weight excluding hydrogens is 495 g/mol. The summed E-state index contributed by atoms with van der Waals surface area (Å²) in [7, 11) is 0. The van der Waals surface area contributed by atoms with Crippen LogP contribution in [0.15, 0.2) is 65.7 Å². The molecule has 0 atom stereocenters. The molecule has 2 aromatic heterocycles. The number of halogens is 1. The zero-order valence-corrected chi connectivity index (χ0v) is 18.0. The number of nitro groups is 1. The minimum atomic E-state index is -0.476. The number of aromatic nitrogens is 3. The van der Waals surface area contributed by atoms with Crippen LogP contribution in [0, 0.1) is 20.6 Å². The Balaban J connectivity index is 2.02. The minimum absolute atomic E-state index is 0.0903. The molecule has 148 valence electrons. The van der Waals surface area contributed by atoms with Gasteiger partial charge in [0.25, 0.3) is 11.2 Å². The van der Waals surface area contributed by atoms with Crippen molar-refractivity contribution in [2.24, 2.45) is 0 Å². The van der Waals surface area contributed by atoms with Crippen molar-refractivity contribution in [2.75, 3.05) is 0 Å². The summed E-state index contributed by atoms with van der Waals surface area (Å²) in [5.74, 6) is 0.376. The highest BCUT2D eigenvalue weighted by atomic mass is 127. The van der Waals surface area contributed by atoms with E-state index in [0.29, 0.717) is 22.4 Å². The number of rotatable bonds is 4. The Labute approximate surface area is 185 Å². The molecule has 0 aliphatic rings. The van der Waals surface area contributed by atoms with Crippen molar-refractivity contribution in [1.29, 1.82) is 0 Å². The molecule has 0 radical (unpaired) electrons. The van der Waals surface area contributed by atoms with Crippen LogP contribution in [0.3, 0.4) is 0 Å². The van der Waals surface area contributed by atoms with Gasteiger partial charge in [-0.25, -0.2) is 4.98 Å². The highest BCUT2D eigenvalue weighted by molar-refractivity contribution is 14.1. The van der Waals surface area contributed by atoms with Crippen LogP contribution in [0.5, 0.6) is 0 Å². The number of hydrogen-bond donors (Lipinski definition) is 0. The second-order valence-electron chi connectivity index (χ2n) is 6.62. The fourth-order valence-electron chi connectivity index (χ4n) is 3.12. The van der Waals surface area contributed by atoms with Crippen molar-refractivity contribution >= 4 is 51.3 Å². The quantitative estimate of drug-likeness (QED) is 0.224. The number of hydrogen-bond acceptors (Lipinski definition) is 5. The molecule has 0 N–H and O–H groups in total. The predicted octanol–water partition coefficient (Wildman–Crippen LogP) is 4.77. The van der Waals surface area contributed by atoms with Gasteiger partial charge in [0, 0.05) is 28.1 Å². The summed E-state index contributed by atoms with van der Waals surface area (Å²) >= 11 is 2.14. The molecule has 0 unspecified atom stereocenters. The lowest BCUT2D eigenvalue weighted by Gasteiger charge is -2.14. The summed E-state index contributed by atoms with van der Waals surface area (Å²) in [6.45, 7) is 1.80. The molecule has 0 saturated heterocycles. The first kappa shape index (κ1) is 19.9. The summed E-state index contributed by atoms with van der Waals surface area (Å²) in [6, 6.07) is 13.6. The SMILES string of the molecule is Cc1ccc([N+](=O)[O-])cc1-n1c(/C=C/c2cccnc2)nc2ccc(I)cc2c1=O. The third kappa shape index (κ3) is 3.86. The lowest BCUT2D eigenvalue weighted by Crippen LogP contribution is -2.23. The standard InChI is InChI=1S/C22H15IN4O3/c1-14-4-7-17(27(29)30)12-20(14)26-21(9-5-15-3-2-10-24-13-15)25-19-8-6-16(23)11-18(19)22(26)28/h2-13H,1H3/b9-5+. The number of nitro benzene ring substituents is 1. The number of fused-ring (bicyclic) bond motifs is 1. The first-order chi connectivity index (χ1) is 14.4. The molecule has 0 aliphatic heterocycles. The highest BCUT2D eigenvalue weighted by Gasteiger charge is 2.16. The summed E-state index contributed by atoms with van der Waals surface area (Å²) in [5.41, 5.74) is 2.18. The molecule has 0 saturated carbocycles. The molecule has 0 bridgehead atoms. The Morgan fingerprint density at radius 2 is 1.97 bits per heavy atom. The van der Waals surface area contributed by atoms with Crippen LogP contribution in [0.25, 0.3) is 28.7 Å². The van der Waals surface area contributed by atoms with Crippen LogP contribution in [-0.2, 0) is 0 Å². The van der Waals surface area contributed by atoms with Gasteiger partial charge in [0.2, 0.25) is 0 Å². The van der Waals surface area contributed by atoms with Gasteiger partial charge in [0.1, 0.15) is 5.82 Å². The van der Waals surface area contributed by atoms with Crippen molar-refractivity contribution < 1.29 is 4.92 Å². The van der Waals surface area contributed by atoms with E-state index >= 15 is 0 Å². The molecule has 0 aliphatic carbocycles. The van der Waals surface area contributed by atoms with Gasteiger partial charge in [0.05, 0.1) is 21.5 Å². The lowest BCUT2D eigenvalue weighted by molar-refractivity contribution is -0.384. The molecule has 0 amide bonds. The first-order valence-electron chi connectivity index (χ1n) is 9.00.